The summed E-state index contributed by atoms with van der Waals surface area (Å²) in [5, 5.41) is 7.88. The van der Waals surface area contributed by atoms with Gasteiger partial charge in [-0.05, 0) is 12.1 Å². The predicted molar refractivity (Wildman–Crippen MR) is 55.7 cm³/mol. The minimum absolute atomic E-state index is 0.504. The van der Waals surface area contributed by atoms with Crippen LogP contribution in [0.2, 0.25) is 0 Å². The second kappa shape index (κ2) is 4.13. The second-order valence-corrected chi connectivity index (χ2v) is 3.05. The van der Waals surface area contributed by atoms with E-state index in [0.29, 0.717) is 11.8 Å². The Morgan fingerprint density at radius 1 is 1.27 bits per heavy atom. The van der Waals surface area contributed by atoms with Gasteiger partial charge >= 0.3 is 0 Å². The van der Waals surface area contributed by atoms with Crippen LogP contribution in [-0.2, 0) is 6.42 Å². The lowest BCUT2D eigenvalue weighted by Gasteiger charge is -2.02. The Hall–Kier alpha value is -1.84. The number of hydrogen-bond acceptors (Lipinski definition) is 4. The normalized spacial score (nSPS) is 10.3. The average molecular weight is 204 g/mol. The first kappa shape index (κ1) is 9.71. The zero-order chi connectivity index (χ0) is 10.7. The minimum Gasteiger partial charge on any atom is -0.496 e. The number of para-hydroxylation sites is 1. The molecule has 0 aliphatic heterocycles. The Labute approximate surface area is 87.9 Å². The van der Waals surface area contributed by atoms with E-state index in [9.17, 15) is 0 Å². The quantitative estimate of drug-likeness (QED) is 0.769. The van der Waals surface area contributed by atoms with Crippen molar-refractivity contribution in [1.82, 2.24) is 10.2 Å². The minimum atomic E-state index is 0.504. The van der Waals surface area contributed by atoms with Crippen LogP contribution in [0.5, 0.6) is 5.75 Å². The molecule has 0 amide bonds. The van der Waals surface area contributed by atoms with Crippen molar-refractivity contribution in [3.63, 3.8) is 0 Å². The largest absolute Gasteiger partial charge is 0.496 e. The highest BCUT2D eigenvalue weighted by atomic mass is 16.5. The lowest BCUT2D eigenvalue weighted by Crippen LogP contribution is -1.87. The van der Waals surface area contributed by atoms with Gasteiger partial charge in [0, 0.05) is 6.42 Å². The molecule has 2 rings (SSSR count). The fourth-order valence-corrected chi connectivity index (χ4v) is 1.33. The van der Waals surface area contributed by atoms with Crippen LogP contribution in [0.25, 0.3) is 11.5 Å². The summed E-state index contributed by atoms with van der Waals surface area (Å²) in [5.74, 6) is 1.88. The topological polar surface area (TPSA) is 48.2 Å². The Morgan fingerprint density at radius 2 is 2.07 bits per heavy atom. The van der Waals surface area contributed by atoms with Gasteiger partial charge in [0.1, 0.15) is 5.75 Å². The summed E-state index contributed by atoms with van der Waals surface area (Å²) in [4.78, 5) is 0. The molecule has 1 aromatic carbocycles. The molecular weight excluding hydrogens is 192 g/mol. The number of aromatic nitrogens is 2. The molecule has 78 valence electrons. The van der Waals surface area contributed by atoms with E-state index in [1.165, 1.54) is 0 Å². The van der Waals surface area contributed by atoms with Crippen LogP contribution >= 0.6 is 0 Å². The molecular formula is C11H12N2O2. The van der Waals surface area contributed by atoms with Gasteiger partial charge in [0.15, 0.2) is 0 Å². The van der Waals surface area contributed by atoms with Gasteiger partial charge in [-0.3, -0.25) is 0 Å². The van der Waals surface area contributed by atoms with Crippen molar-refractivity contribution in [3.05, 3.63) is 30.2 Å². The smallest absolute Gasteiger partial charge is 0.251 e. The molecule has 0 atom stereocenters. The van der Waals surface area contributed by atoms with Crippen LogP contribution in [0.3, 0.4) is 0 Å². The van der Waals surface area contributed by atoms with Crippen LogP contribution < -0.4 is 4.74 Å². The molecule has 0 aliphatic carbocycles. The van der Waals surface area contributed by atoms with Crippen LogP contribution in [-0.4, -0.2) is 17.3 Å². The zero-order valence-corrected chi connectivity index (χ0v) is 8.73. The molecule has 0 saturated carbocycles. The molecule has 0 aliphatic rings. The summed E-state index contributed by atoms with van der Waals surface area (Å²) < 4.78 is 10.7. The molecule has 0 N–H and O–H groups in total. The molecule has 0 radical (unpaired) electrons. The molecule has 15 heavy (non-hydrogen) atoms. The first-order chi connectivity index (χ1) is 7.35. The zero-order valence-electron chi connectivity index (χ0n) is 8.73. The average Bonchev–Trinajstić information content (AvgIpc) is 2.77. The molecule has 0 unspecified atom stereocenters. The van der Waals surface area contributed by atoms with E-state index in [-0.39, 0.29) is 0 Å². The van der Waals surface area contributed by atoms with E-state index in [2.05, 4.69) is 10.2 Å². The van der Waals surface area contributed by atoms with Gasteiger partial charge in [-0.25, -0.2) is 0 Å². The Kier molecular flexibility index (Phi) is 2.67. The van der Waals surface area contributed by atoms with Gasteiger partial charge in [0.05, 0.1) is 12.7 Å². The SMILES string of the molecule is CCc1nnc(-c2ccccc2OC)o1. The fraction of sp³-hybridized carbons (Fsp3) is 0.273. The Balaban J connectivity index is 2.44. The number of hydrogen-bond donors (Lipinski definition) is 0. The number of benzene rings is 1. The van der Waals surface area contributed by atoms with Crippen LogP contribution in [0.4, 0.5) is 0 Å². The van der Waals surface area contributed by atoms with Crippen molar-refractivity contribution in [2.45, 2.75) is 13.3 Å². The second-order valence-electron chi connectivity index (χ2n) is 3.05. The summed E-state index contributed by atoms with van der Waals surface area (Å²) in [6, 6.07) is 7.57. The third kappa shape index (κ3) is 1.83. The first-order valence-corrected chi connectivity index (χ1v) is 4.81. The first-order valence-electron chi connectivity index (χ1n) is 4.81. The summed E-state index contributed by atoms with van der Waals surface area (Å²) in [5.41, 5.74) is 0.826. The maximum absolute atomic E-state index is 5.46. The standard InChI is InChI=1S/C11H12N2O2/c1-3-10-12-13-11(15-10)8-6-4-5-7-9(8)14-2/h4-7H,3H2,1-2H3. The van der Waals surface area contributed by atoms with Gasteiger partial charge < -0.3 is 9.15 Å². The van der Waals surface area contributed by atoms with Crippen molar-refractivity contribution < 1.29 is 9.15 Å². The summed E-state index contributed by atoms with van der Waals surface area (Å²) in [7, 11) is 1.62. The van der Waals surface area contributed by atoms with Gasteiger partial charge in [0.25, 0.3) is 5.89 Å². The third-order valence-corrected chi connectivity index (χ3v) is 2.11. The Morgan fingerprint density at radius 3 is 2.73 bits per heavy atom. The van der Waals surface area contributed by atoms with Gasteiger partial charge in [-0.2, -0.15) is 0 Å². The van der Waals surface area contributed by atoms with Crippen molar-refractivity contribution in [1.29, 1.82) is 0 Å². The number of rotatable bonds is 3. The predicted octanol–water partition coefficient (Wildman–Crippen LogP) is 2.31. The van der Waals surface area contributed by atoms with Crippen molar-refractivity contribution >= 4 is 0 Å². The molecule has 0 fully saturated rings. The van der Waals surface area contributed by atoms with E-state index in [0.717, 1.165) is 17.7 Å². The maximum Gasteiger partial charge on any atom is 0.251 e. The number of aryl methyl sites for hydroxylation is 1. The number of ether oxygens (including phenoxy) is 1. The number of methoxy groups -OCH3 is 1. The molecule has 1 aromatic heterocycles. The van der Waals surface area contributed by atoms with Crippen molar-refractivity contribution in [3.8, 4) is 17.2 Å². The number of nitrogens with zero attached hydrogens (tertiary/aromatic N) is 2. The van der Waals surface area contributed by atoms with Crippen LogP contribution in [0.15, 0.2) is 28.7 Å². The molecule has 0 spiro atoms. The summed E-state index contributed by atoms with van der Waals surface area (Å²) in [6.07, 6.45) is 0.738. The molecule has 1 heterocycles. The lowest BCUT2D eigenvalue weighted by molar-refractivity contribution is 0.413. The third-order valence-electron chi connectivity index (χ3n) is 2.11. The van der Waals surface area contributed by atoms with Crippen LogP contribution in [0, 0.1) is 0 Å². The molecule has 4 heteroatoms. The van der Waals surface area contributed by atoms with E-state index in [4.69, 9.17) is 9.15 Å². The van der Waals surface area contributed by atoms with E-state index in [1.54, 1.807) is 7.11 Å². The molecule has 2 aromatic rings. The van der Waals surface area contributed by atoms with Crippen molar-refractivity contribution in [2.75, 3.05) is 7.11 Å². The Bertz CT molecular complexity index is 451. The molecule has 0 bridgehead atoms. The highest BCUT2D eigenvalue weighted by molar-refractivity contribution is 5.62. The molecule has 4 nitrogen and oxygen atoms in total. The van der Waals surface area contributed by atoms with E-state index >= 15 is 0 Å². The van der Waals surface area contributed by atoms with Gasteiger partial charge in [0.2, 0.25) is 5.89 Å². The fourth-order valence-electron chi connectivity index (χ4n) is 1.33. The maximum atomic E-state index is 5.46. The van der Waals surface area contributed by atoms with E-state index in [1.807, 2.05) is 31.2 Å². The van der Waals surface area contributed by atoms with E-state index < -0.39 is 0 Å². The summed E-state index contributed by atoms with van der Waals surface area (Å²) in [6.45, 7) is 1.97. The monoisotopic (exact) mass is 204 g/mol. The summed E-state index contributed by atoms with van der Waals surface area (Å²) >= 11 is 0. The van der Waals surface area contributed by atoms with Gasteiger partial charge in [-0.1, -0.05) is 19.1 Å². The van der Waals surface area contributed by atoms with Crippen molar-refractivity contribution in [2.24, 2.45) is 0 Å². The van der Waals surface area contributed by atoms with Gasteiger partial charge in [-0.15, -0.1) is 10.2 Å². The molecule has 0 saturated heterocycles. The highest BCUT2D eigenvalue weighted by Crippen LogP contribution is 2.28. The lowest BCUT2D eigenvalue weighted by atomic mass is 10.2. The van der Waals surface area contributed by atoms with Crippen LogP contribution in [0.1, 0.15) is 12.8 Å². The highest BCUT2D eigenvalue weighted by Gasteiger charge is 2.11.